The van der Waals surface area contributed by atoms with Crippen molar-refractivity contribution in [1.29, 1.82) is 0 Å². The Morgan fingerprint density at radius 3 is 3.00 bits per heavy atom. The number of benzene rings is 1. The Hall–Kier alpha value is -0.970. The molecular weight excluding hydrogens is 230 g/mol. The Labute approximate surface area is 99.1 Å². The van der Waals surface area contributed by atoms with Crippen LogP contribution in [0, 0.1) is 0 Å². The third kappa shape index (κ3) is 2.09. The van der Waals surface area contributed by atoms with Crippen LogP contribution in [-0.2, 0) is 4.74 Å². The highest BCUT2D eigenvalue weighted by molar-refractivity contribution is 6.33. The van der Waals surface area contributed by atoms with Gasteiger partial charge >= 0.3 is 0 Å². The predicted octanol–water partition coefficient (Wildman–Crippen LogP) is 1.72. The van der Waals surface area contributed by atoms with Crippen LogP contribution < -0.4 is 10.1 Å². The Bertz CT molecular complexity index is 378. The van der Waals surface area contributed by atoms with Crippen molar-refractivity contribution in [2.45, 2.75) is 6.04 Å². The smallest absolute Gasteiger partial charge is 0.142 e. The summed E-state index contributed by atoms with van der Waals surface area (Å²) in [5, 5.41) is 13.5. The Morgan fingerprint density at radius 2 is 2.38 bits per heavy atom. The Morgan fingerprint density at radius 1 is 1.56 bits per heavy atom. The number of halogens is 1. The van der Waals surface area contributed by atoms with Gasteiger partial charge in [0.05, 0.1) is 26.4 Å². The van der Waals surface area contributed by atoms with Gasteiger partial charge in [-0.25, -0.2) is 0 Å². The summed E-state index contributed by atoms with van der Waals surface area (Å²) in [6, 6.07) is 3.53. The normalized spacial score (nSPS) is 20.8. The lowest BCUT2D eigenvalue weighted by atomic mass is 10.1. The first-order valence-electron chi connectivity index (χ1n) is 5.10. The maximum atomic E-state index is 9.95. The lowest BCUT2D eigenvalue weighted by molar-refractivity contribution is 0.0761. The van der Waals surface area contributed by atoms with Crippen LogP contribution >= 0.6 is 11.6 Å². The van der Waals surface area contributed by atoms with Gasteiger partial charge in [-0.15, -0.1) is 0 Å². The minimum Gasteiger partial charge on any atom is -0.506 e. The van der Waals surface area contributed by atoms with Gasteiger partial charge in [-0.3, -0.25) is 0 Å². The minimum atomic E-state index is -0.0165. The second-order valence-electron chi connectivity index (χ2n) is 3.60. The van der Waals surface area contributed by atoms with Crippen LogP contribution in [-0.4, -0.2) is 32.0 Å². The summed E-state index contributed by atoms with van der Waals surface area (Å²) in [4.78, 5) is 0. The van der Waals surface area contributed by atoms with E-state index in [1.165, 1.54) is 7.11 Å². The van der Waals surface area contributed by atoms with Crippen molar-refractivity contribution in [3.63, 3.8) is 0 Å². The minimum absolute atomic E-state index is 0.0165. The molecule has 1 atom stereocenters. The SMILES string of the molecule is COc1ccc(C2COCCN2)c(O)c1Cl. The number of aromatic hydroxyl groups is 1. The molecule has 1 aliphatic heterocycles. The fraction of sp³-hybridized carbons (Fsp3) is 0.455. The molecule has 0 bridgehead atoms. The van der Waals surface area contributed by atoms with Crippen LogP contribution in [0.1, 0.15) is 11.6 Å². The van der Waals surface area contributed by atoms with E-state index in [1.807, 2.05) is 0 Å². The summed E-state index contributed by atoms with van der Waals surface area (Å²) < 4.78 is 10.4. The van der Waals surface area contributed by atoms with Gasteiger partial charge in [-0.05, 0) is 12.1 Å². The highest BCUT2D eigenvalue weighted by Gasteiger charge is 2.21. The first kappa shape index (κ1) is 11.5. The first-order chi connectivity index (χ1) is 7.74. The molecule has 2 rings (SSSR count). The molecule has 0 radical (unpaired) electrons. The van der Waals surface area contributed by atoms with Crippen molar-refractivity contribution in [1.82, 2.24) is 5.32 Å². The zero-order valence-corrected chi connectivity index (χ0v) is 9.75. The van der Waals surface area contributed by atoms with Crippen molar-refractivity contribution in [2.75, 3.05) is 26.9 Å². The van der Waals surface area contributed by atoms with Gasteiger partial charge in [0.1, 0.15) is 16.5 Å². The number of nitrogens with one attached hydrogen (secondary N) is 1. The molecule has 16 heavy (non-hydrogen) atoms. The van der Waals surface area contributed by atoms with Gasteiger partial charge in [0.25, 0.3) is 0 Å². The average molecular weight is 244 g/mol. The molecule has 0 aliphatic carbocycles. The van der Waals surface area contributed by atoms with Crippen LogP contribution in [0.5, 0.6) is 11.5 Å². The standard InChI is InChI=1S/C11H14ClNO3/c1-15-9-3-2-7(11(14)10(9)12)8-6-16-5-4-13-8/h2-3,8,13-14H,4-6H2,1H3. The van der Waals surface area contributed by atoms with Crippen molar-refractivity contribution in [3.8, 4) is 11.5 Å². The molecule has 88 valence electrons. The molecule has 1 saturated heterocycles. The largest absolute Gasteiger partial charge is 0.506 e. The lowest BCUT2D eigenvalue weighted by Crippen LogP contribution is -2.34. The van der Waals surface area contributed by atoms with Crippen LogP contribution in [0.3, 0.4) is 0 Å². The quantitative estimate of drug-likeness (QED) is 0.831. The van der Waals surface area contributed by atoms with Gasteiger partial charge in [0.15, 0.2) is 0 Å². The molecule has 1 aromatic rings. The second kappa shape index (κ2) is 4.91. The molecule has 1 fully saturated rings. The number of phenols is 1. The lowest BCUT2D eigenvalue weighted by Gasteiger charge is -2.25. The van der Waals surface area contributed by atoms with Crippen molar-refractivity contribution >= 4 is 11.6 Å². The molecule has 1 heterocycles. The number of rotatable bonds is 2. The number of phenolic OH excluding ortho intramolecular Hbond substituents is 1. The monoisotopic (exact) mass is 243 g/mol. The molecule has 0 saturated carbocycles. The molecule has 4 nitrogen and oxygen atoms in total. The van der Waals surface area contributed by atoms with E-state index < -0.39 is 0 Å². The van der Waals surface area contributed by atoms with E-state index in [-0.39, 0.29) is 16.8 Å². The zero-order chi connectivity index (χ0) is 11.5. The van der Waals surface area contributed by atoms with Crippen LogP contribution in [0.25, 0.3) is 0 Å². The van der Waals surface area contributed by atoms with Crippen LogP contribution in [0.15, 0.2) is 12.1 Å². The highest BCUT2D eigenvalue weighted by atomic mass is 35.5. The summed E-state index contributed by atoms with van der Waals surface area (Å²) in [6.45, 7) is 2.01. The van der Waals surface area contributed by atoms with Gasteiger partial charge in [0.2, 0.25) is 0 Å². The van der Waals surface area contributed by atoms with E-state index >= 15 is 0 Å². The molecule has 0 amide bonds. The van der Waals surface area contributed by atoms with E-state index in [9.17, 15) is 5.11 Å². The van der Waals surface area contributed by atoms with Gasteiger partial charge in [0, 0.05) is 12.1 Å². The number of hydrogen-bond acceptors (Lipinski definition) is 4. The number of hydrogen-bond donors (Lipinski definition) is 2. The molecule has 0 aromatic heterocycles. The third-order valence-electron chi connectivity index (χ3n) is 2.63. The third-order valence-corrected chi connectivity index (χ3v) is 2.99. The summed E-state index contributed by atoms with van der Waals surface area (Å²) in [7, 11) is 1.52. The van der Waals surface area contributed by atoms with Crippen molar-refractivity contribution in [2.24, 2.45) is 0 Å². The summed E-state index contributed by atoms with van der Waals surface area (Å²) in [6.07, 6.45) is 0. The second-order valence-corrected chi connectivity index (χ2v) is 3.98. The fourth-order valence-corrected chi connectivity index (χ4v) is 2.01. The maximum absolute atomic E-state index is 9.95. The summed E-state index contributed by atoms with van der Waals surface area (Å²) >= 11 is 5.97. The maximum Gasteiger partial charge on any atom is 0.142 e. The molecule has 1 unspecified atom stereocenters. The van der Waals surface area contributed by atoms with E-state index in [1.54, 1.807) is 12.1 Å². The van der Waals surface area contributed by atoms with Gasteiger partial charge < -0.3 is 19.9 Å². The highest BCUT2D eigenvalue weighted by Crippen LogP contribution is 2.38. The predicted molar refractivity (Wildman–Crippen MR) is 61.2 cm³/mol. The average Bonchev–Trinajstić information content (AvgIpc) is 2.34. The summed E-state index contributed by atoms with van der Waals surface area (Å²) in [5.41, 5.74) is 0.741. The summed E-state index contributed by atoms with van der Waals surface area (Å²) in [5.74, 6) is 0.531. The molecule has 1 aromatic carbocycles. The van der Waals surface area contributed by atoms with Crippen molar-refractivity contribution < 1.29 is 14.6 Å². The van der Waals surface area contributed by atoms with Crippen molar-refractivity contribution in [3.05, 3.63) is 22.7 Å². The Kier molecular flexibility index (Phi) is 3.53. The molecule has 0 spiro atoms. The van der Waals surface area contributed by atoms with Gasteiger partial charge in [-0.2, -0.15) is 0 Å². The van der Waals surface area contributed by atoms with Crippen LogP contribution in [0.2, 0.25) is 5.02 Å². The molecule has 2 N–H and O–H groups in total. The van der Waals surface area contributed by atoms with E-state index in [4.69, 9.17) is 21.1 Å². The first-order valence-corrected chi connectivity index (χ1v) is 5.48. The number of ether oxygens (including phenoxy) is 2. The Balaban J connectivity index is 2.30. The molecule has 1 aliphatic rings. The van der Waals surface area contributed by atoms with E-state index in [0.29, 0.717) is 19.0 Å². The molecule has 5 heteroatoms. The van der Waals surface area contributed by atoms with Gasteiger partial charge in [-0.1, -0.05) is 11.6 Å². The topological polar surface area (TPSA) is 50.7 Å². The van der Waals surface area contributed by atoms with Crippen LogP contribution in [0.4, 0.5) is 0 Å². The number of methoxy groups -OCH3 is 1. The zero-order valence-electron chi connectivity index (χ0n) is 9.00. The number of morpholine rings is 1. The molecular formula is C11H14ClNO3. The fourth-order valence-electron chi connectivity index (χ4n) is 1.76. The van der Waals surface area contributed by atoms with E-state index in [0.717, 1.165) is 12.1 Å². The van der Waals surface area contributed by atoms with E-state index in [2.05, 4.69) is 5.32 Å².